The molecule has 0 aliphatic rings. The first-order chi connectivity index (χ1) is 7.10. The average molecular weight is 203 g/mol. The van der Waals surface area contributed by atoms with Crippen molar-refractivity contribution in [2.75, 3.05) is 7.11 Å². The minimum Gasteiger partial charge on any atom is -0.481 e. The van der Waals surface area contributed by atoms with Crippen molar-refractivity contribution in [3.8, 4) is 5.88 Å². The Balaban J connectivity index is 3.11. The van der Waals surface area contributed by atoms with Gasteiger partial charge in [0.15, 0.2) is 0 Å². The third-order valence-corrected chi connectivity index (χ3v) is 2.01. The molecule has 0 radical (unpaired) electrons. The van der Waals surface area contributed by atoms with Gasteiger partial charge in [0.25, 0.3) is 0 Å². The summed E-state index contributed by atoms with van der Waals surface area (Å²) < 4.78 is 5.03. The smallest absolute Gasteiger partial charge is 0.216 e. The van der Waals surface area contributed by atoms with Crippen molar-refractivity contribution in [3.63, 3.8) is 0 Å². The van der Waals surface area contributed by atoms with Crippen LogP contribution in [0.4, 0.5) is 0 Å². The summed E-state index contributed by atoms with van der Waals surface area (Å²) in [7, 11) is 1.52. The number of Topliss-reactive ketones (excluding diaryl/α,β-unsaturated/α-hetero) is 1. The van der Waals surface area contributed by atoms with E-state index in [0.717, 1.165) is 5.56 Å². The maximum absolute atomic E-state index is 11.7. The first kappa shape index (κ1) is 11.2. The molecule has 0 amide bonds. The number of pyridine rings is 1. The first-order valence-electron chi connectivity index (χ1n) is 4.47. The Labute approximate surface area is 89.1 Å². The van der Waals surface area contributed by atoms with E-state index in [1.165, 1.54) is 13.2 Å². The molecule has 0 bridgehead atoms. The molecule has 1 aromatic heterocycles. The Bertz CT molecular complexity index is 422. The summed E-state index contributed by atoms with van der Waals surface area (Å²) in [5, 5.41) is 0. The van der Waals surface area contributed by atoms with Crippen molar-refractivity contribution in [1.82, 2.24) is 4.98 Å². The lowest BCUT2D eigenvalue weighted by molar-refractivity contribution is 0.103. The Kier molecular flexibility index (Phi) is 3.39. The van der Waals surface area contributed by atoms with Crippen LogP contribution < -0.4 is 4.74 Å². The standard InChI is InChI=1S/C12H13NO2/c1-5-8(2)11(14)10-7-6-9(3)12(13-10)15-4/h5-7H,1-2H2,3-4H3. The van der Waals surface area contributed by atoms with E-state index in [1.807, 2.05) is 6.92 Å². The molecule has 0 aromatic carbocycles. The van der Waals surface area contributed by atoms with Crippen molar-refractivity contribution in [1.29, 1.82) is 0 Å². The molecule has 1 aromatic rings. The van der Waals surface area contributed by atoms with Crippen LogP contribution in [0.25, 0.3) is 0 Å². The molecular formula is C12H13NO2. The molecule has 3 heteroatoms. The number of rotatable bonds is 4. The molecule has 0 fully saturated rings. The van der Waals surface area contributed by atoms with Gasteiger partial charge >= 0.3 is 0 Å². The molecule has 0 atom stereocenters. The van der Waals surface area contributed by atoms with Gasteiger partial charge in [-0.05, 0) is 13.0 Å². The normalized spacial score (nSPS) is 9.47. The third kappa shape index (κ3) is 2.31. The first-order valence-corrected chi connectivity index (χ1v) is 4.47. The number of ketones is 1. The lowest BCUT2D eigenvalue weighted by Crippen LogP contribution is -2.05. The largest absolute Gasteiger partial charge is 0.481 e. The summed E-state index contributed by atoms with van der Waals surface area (Å²) >= 11 is 0. The Hall–Kier alpha value is -1.90. The lowest BCUT2D eigenvalue weighted by Gasteiger charge is -2.05. The van der Waals surface area contributed by atoms with E-state index in [4.69, 9.17) is 4.74 Å². The molecule has 15 heavy (non-hydrogen) atoms. The van der Waals surface area contributed by atoms with Crippen LogP contribution in [0.5, 0.6) is 5.88 Å². The highest BCUT2D eigenvalue weighted by molar-refractivity contribution is 6.08. The average Bonchev–Trinajstić information content (AvgIpc) is 2.27. The minimum atomic E-state index is -0.233. The van der Waals surface area contributed by atoms with Gasteiger partial charge in [-0.15, -0.1) is 0 Å². The fraction of sp³-hybridized carbons (Fsp3) is 0.167. The Morgan fingerprint density at radius 2 is 2.20 bits per heavy atom. The SMILES string of the molecule is C=CC(=C)C(=O)c1ccc(C)c(OC)n1. The molecule has 0 spiro atoms. The third-order valence-electron chi connectivity index (χ3n) is 2.01. The van der Waals surface area contributed by atoms with Gasteiger partial charge in [0.05, 0.1) is 7.11 Å². The fourth-order valence-corrected chi connectivity index (χ4v) is 1.10. The molecule has 78 valence electrons. The van der Waals surface area contributed by atoms with Gasteiger partial charge in [-0.2, -0.15) is 0 Å². The van der Waals surface area contributed by atoms with Crippen LogP contribution in [0, 0.1) is 6.92 Å². The summed E-state index contributed by atoms with van der Waals surface area (Å²) in [5.41, 5.74) is 1.54. The second-order valence-corrected chi connectivity index (χ2v) is 3.08. The monoisotopic (exact) mass is 203 g/mol. The van der Waals surface area contributed by atoms with Gasteiger partial charge in [0, 0.05) is 11.1 Å². The van der Waals surface area contributed by atoms with Crippen molar-refractivity contribution in [3.05, 3.63) is 48.2 Å². The fourth-order valence-electron chi connectivity index (χ4n) is 1.10. The highest BCUT2D eigenvalue weighted by atomic mass is 16.5. The molecule has 0 saturated heterocycles. The van der Waals surface area contributed by atoms with Crippen molar-refractivity contribution in [2.45, 2.75) is 6.92 Å². The van der Waals surface area contributed by atoms with E-state index in [1.54, 1.807) is 12.1 Å². The van der Waals surface area contributed by atoms with Crippen LogP contribution >= 0.6 is 0 Å². The lowest BCUT2D eigenvalue weighted by atomic mass is 10.1. The van der Waals surface area contributed by atoms with Crippen LogP contribution in [0.1, 0.15) is 16.1 Å². The summed E-state index contributed by atoms with van der Waals surface area (Å²) in [4.78, 5) is 15.7. The zero-order valence-electron chi connectivity index (χ0n) is 8.91. The molecule has 0 saturated carbocycles. The van der Waals surface area contributed by atoms with E-state index >= 15 is 0 Å². The predicted molar refractivity (Wildman–Crippen MR) is 59.2 cm³/mol. The second-order valence-electron chi connectivity index (χ2n) is 3.08. The van der Waals surface area contributed by atoms with Crippen molar-refractivity contribution >= 4 is 5.78 Å². The molecule has 0 aliphatic carbocycles. The van der Waals surface area contributed by atoms with Gasteiger partial charge in [-0.25, -0.2) is 4.98 Å². The Morgan fingerprint density at radius 1 is 1.53 bits per heavy atom. The quantitative estimate of drug-likeness (QED) is 0.428. The van der Waals surface area contributed by atoms with Gasteiger partial charge < -0.3 is 4.74 Å². The zero-order chi connectivity index (χ0) is 11.4. The van der Waals surface area contributed by atoms with E-state index in [9.17, 15) is 4.79 Å². The van der Waals surface area contributed by atoms with Gasteiger partial charge in [0.2, 0.25) is 11.7 Å². The molecular weight excluding hydrogens is 190 g/mol. The number of nitrogens with zero attached hydrogens (tertiary/aromatic N) is 1. The number of methoxy groups -OCH3 is 1. The van der Waals surface area contributed by atoms with Gasteiger partial charge in [0.1, 0.15) is 5.69 Å². The highest BCUT2D eigenvalue weighted by Crippen LogP contribution is 2.16. The van der Waals surface area contributed by atoms with Crippen LogP contribution in [0.3, 0.4) is 0 Å². The molecule has 0 N–H and O–H groups in total. The number of ether oxygens (including phenoxy) is 1. The van der Waals surface area contributed by atoms with Crippen LogP contribution in [-0.4, -0.2) is 17.9 Å². The van der Waals surface area contributed by atoms with Gasteiger partial charge in [-0.1, -0.05) is 25.3 Å². The van der Waals surface area contributed by atoms with E-state index in [2.05, 4.69) is 18.1 Å². The van der Waals surface area contributed by atoms with E-state index < -0.39 is 0 Å². The van der Waals surface area contributed by atoms with Crippen LogP contribution in [0.2, 0.25) is 0 Å². The summed E-state index contributed by atoms with van der Waals surface area (Å²) in [6, 6.07) is 3.43. The Morgan fingerprint density at radius 3 is 2.73 bits per heavy atom. The number of carbonyl (C=O) groups excluding carboxylic acids is 1. The minimum absolute atomic E-state index is 0.233. The maximum Gasteiger partial charge on any atom is 0.216 e. The number of hydrogen-bond acceptors (Lipinski definition) is 3. The predicted octanol–water partition coefficient (Wildman–Crippen LogP) is 2.32. The maximum atomic E-state index is 11.7. The van der Waals surface area contributed by atoms with Crippen LogP contribution in [-0.2, 0) is 0 Å². The molecule has 1 rings (SSSR count). The van der Waals surface area contributed by atoms with Crippen molar-refractivity contribution in [2.24, 2.45) is 0 Å². The van der Waals surface area contributed by atoms with Crippen molar-refractivity contribution < 1.29 is 9.53 Å². The summed E-state index contributed by atoms with van der Waals surface area (Å²) in [6.45, 7) is 8.93. The number of aryl methyl sites for hydroxylation is 1. The summed E-state index contributed by atoms with van der Waals surface area (Å²) in [6.07, 6.45) is 1.41. The molecule has 0 aliphatic heterocycles. The number of allylic oxidation sites excluding steroid dienone is 2. The zero-order valence-corrected chi connectivity index (χ0v) is 8.91. The second kappa shape index (κ2) is 4.55. The number of aromatic nitrogens is 1. The summed E-state index contributed by atoms with van der Waals surface area (Å²) in [5.74, 6) is 0.223. The highest BCUT2D eigenvalue weighted by Gasteiger charge is 2.11. The van der Waals surface area contributed by atoms with E-state index in [-0.39, 0.29) is 5.78 Å². The van der Waals surface area contributed by atoms with E-state index in [0.29, 0.717) is 17.1 Å². The topological polar surface area (TPSA) is 39.2 Å². The molecule has 0 unspecified atom stereocenters. The van der Waals surface area contributed by atoms with Gasteiger partial charge in [-0.3, -0.25) is 4.79 Å². The molecule has 3 nitrogen and oxygen atoms in total. The number of hydrogen-bond donors (Lipinski definition) is 0. The molecule has 1 heterocycles. The number of carbonyl (C=O) groups is 1. The van der Waals surface area contributed by atoms with Crippen LogP contribution in [0.15, 0.2) is 36.9 Å².